The molecule has 1 atom stereocenters. The summed E-state index contributed by atoms with van der Waals surface area (Å²) in [6.45, 7) is 2.22. The van der Waals surface area contributed by atoms with E-state index in [1.165, 1.54) is 32.1 Å². The summed E-state index contributed by atoms with van der Waals surface area (Å²) in [6.07, 6.45) is 8.42. The van der Waals surface area contributed by atoms with Crippen molar-refractivity contribution in [2.75, 3.05) is 12.4 Å². The van der Waals surface area contributed by atoms with Gasteiger partial charge >= 0.3 is 0 Å². The standard InChI is InChI=1S/C13H20BrN3O/c1-9(10-6-4-3-5-7-10)16-13-15-8-11(14)12(17-13)18-2/h8-10H,3-7H2,1-2H3,(H,15,16,17). The fraction of sp³-hybridized carbons (Fsp3) is 0.692. The molecular formula is C13H20BrN3O. The van der Waals surface area contributed by atoms with Crippen molar-refractivity contribution in [2.24, 2.45) is 5.92 Å². The van der Waals surface area contributed by atoms with Gasteiger partial charge in [0.2, 0.25) is 11.8 Å². The van der Waals surface area contributed by atoms with Crippen LogP contribution in [-0.4, -0.2) is 23.1 Å². The highest BCUT2D eigenvalue weighted by molar-refractivity contribution is 9.10. The highest BCUT2D eigenvalue weighted by Gasteiger charge is 2.20. The Labute approximate surface area is 117 Å². The summed E-state index contributed by atoms with van der Waals surface area (Å²) in [5.41, 5.74) is 0. The first-order chi connectivity index (χ1) is 8.70. The molecule has 0 aliphatic heterocycles. The molecule has 1 heterocycles. The zero-order valence-corrected chi connectivity index (χ0v) is 12.5. The van der Waals surface area contributed by atoms with Gasteiger partial charge in [0.25, 0.3) is 0 Å². The number of anilines is 1. The van der Waals surface area contributed by atoms with Gasteiger partial charge in [-0.2, -0.15) is 4.98 Å². The molecule has 1 fully saturated rings. The van der Waals surface area contributed by atoms with Crippen molar-refractivity contribution in [3.05, 3.63) is 10.7 Å². The minimum Gasteiger partial charge on any atom is -0.480 e. The van der Waals surface area contributed by atoms with Gasteiger partial charge in [0.15, 0.2) is 0 Å². The summed E-state index contributed by atoms with van der Waals surface area (Å²) >= 11 is 3.36. The molecule has 1 saturated carbocycles. The van der Waals surface area contributed by atoms with Crippen LogP contribution in [0, 0.1) is 5.92 Å². The molecule has 1 aliphatic rings. The predicted octanol–water partition coefficient (Wildman–Crippen LogP) is 3.63. The van der Waals surface area contributed by atoms with E-state index in [1.54, 1.807) is 13.3 Å². The predicted molar refractivity (Wildman–Crippen MR) is 75.9 cm³/mol. The van der Waals surface area contributed by atoms with E-state index in [0.29, 0.717) is 17.9 Å². The van der Waals surface area contributed by atoms with Crippen molar-refractivity contribution in [1.82, 2.24) is 9.97 Å². The lowest BCUT2D eigenvalue weighted by Crippen LogP contribution is -2.28. The molecule has 4 nitrogen and oxygen atoms in total. The fourth-order valence-electron chi connectivity index (χ4n) is 2.52. The number of aromatic nitrogens is 2. The van der Waals surface area contributed by atoms with Gasteiger partial charge in [-0.05, 0) is 41.6 Å². The second kappa shape index (κ2) is 6.36. The SMILES string of the molecule is COc1nc(NC(C)C2CCCCC2)ncc1Br. The highest BCUT2D eigenvalue weighted by atomic mass is 79.9. The van der Waals surface area contributed by atoms with Gasteiger partial charge in [-0.3, -0.25) is 0 Å². The second-order valence-electron chi connectivity index (χ2n) is 4.88. The van der Waals surface area contributed by atoms with E-state index >= 15 is 0 Å². The van der Waals surface area contributed by atoms with Crippen LogP contribution < -0.4 is 10.1 Å². The van der Waals surface area contributed by atoms with E-state index < -0.39 is 0 Å². The number of nitrogens with zero attached hydrogens (tertiary/aromatic N) is 2. The molecule has 1 N–H and O–H groups in total. The normalized spacial score (nSPS) is 18.4. The van der Waals surface area contributed by atoms with E-state index in [-0.39, 0.29) is 0 Å². The van der Waals surface area contributed by atoms with Gasteiger partial charge in [-0.25, -0.2) is 4.98 Å². The maximum absolute atomic E-state index is 5.17. The molecule has 0 amide bonds. The van der Waals surface area contributed by atoms with Crippen molar-refractivity contribution in [2.45, 2.75) is 45.1 Å². The minimum atomic E-state index is 0.413. The first-order valence-corrected chi connectivity index (χ1v) is 7.33. The van der Waals surface area contributed by atoms with Crippen molar-refractivity contribution in [1.29, 1.82) is 0 Å². The molecule has 1 aromatic rings. The fourth-order valence-corrected chi connectivity index (χ4v) is 2.87. The van der Waals surface area contributed by atoms with E-state index in [2.05, 4.69) is 38.1 Å². The summed E-state index contributed by atoms with van der Waals surface area (Å²) in [5.74, 6) is 1.95. The maximum atomic E-state index is 5.17. The minimum absolute atomic E-state index is 0.413. The Morgan fingerprint density at radius 2 is 2.11 bits per heavy atom. The van der Waals surface area contributed by atoms with Crippen LogP contribution in [0.5, 0.6) is 5.88 Å². The van der Waals surface area contributed by atoms with Crippen LogP contribution >= 0.6 is 15.9 Å². The Bertz CT molecular complexity index is 394. The lowest BCUT2D eigenvalue weighted by Gasteiger charge is -2.28. The number of ether oxygens (including phenoxy) is 1. The summed E-state index contributed by atoms with van der Waals surface area (Å²) in [6, 6.07) is 0.413. The lowest BCUT2D eigenvalue weighted by atomic mass is 9.85. The molecule has 0 radical (unpaired) electrons. The van der Waals surface area contributed by atoms with Crippen LogP contribution in [0.2, 0.25) is 0 Å². The molecule has 18 heavy (non-hydrogen) atoms. The maximum Gasteiger partial charge on any atom is 0.232 e. The Kier molecular flexibility index (Phi) is 4.80. The quantitative estimate of drug-likeness (QED) is 0.922. The third kappa shape index (κ3) is 3.34. The molecule has 0 bridgehead atoms. The molecule has 100 valence electrons. The van der Waals surface area contributed by atoms with Crippen molar-refractivity contribution >= 4 is 21.9 Å². The number of halogens is 1. The molecular weight excluding hydrogens is 294 g/mol. The van der Waals surface area contributed by atoms with Crippen LogP contribution in [0.25, 0.3) is 0 Å². The molecule has 1 aromatic heterocycles. The largest absolute Gasteiger partial charge is 0.480 e. The van der Waals surface area contributed by atoms with Gasteiger partial charge < -0.3 is 10.1 Å². The van der Waals surface area contributed by atoms with E-state index in [0.717, 1.165) is 10.4 Å². The highest BCUT2D eigenvalue weighted by Crippen LogP contribution is 2.28. The molecule has 0 saturated heterocycles. The van der Waals surface area contributed by atoms with Crippen LogP contribution in [0.4, 0.5) is 5.95 Å². The van der Waals surface area contributed by atoms with Crippen molar-refractivity contribution in [3.63, 3.8) is 0 Å². The van der Waals surface area contributed by atoms with Gasteiger partial charge in [0, 0.05) is 6.04 Å². The third-order valence-electron chi connectivity index (χ3n) is 3.62. The smallest absolute Gasteiger partial charge is 0.232 e. The first kappa shape index (κ1) is 13.6. The van der Waals surface area contributed by atoms with Crippen LogP contribution in [0.15, 0.2) is 10.7 Å². The second-order valence-corrected chi connectivity index (χ2v) is 5.74. The van der Waals surface area contributed by atoms with Gasteiger partial charge in [-0.15, -0.1) is 0 Å². The zero-order chi connectivity index (χ0) is 13.0. The van der Waals surface area contributed by atoms with Gasteiger partial charge in [0.05, 0.1) is 17.8 Å². The Morgan fingerprint density at radius 3 is 2.78 bits per heavy atom. The Morgan fingerprint density at radius 1 is 1.39 bits per heavy atom. The van der Waals surface area contributed by atoms with Crippen molar-refractivity contribution < 1.29 is 4.74 Å². The summed E-state index contributed by atoms with van der Waals surface area (Å²) in [7, 11) is 1.61. The van der Waals surface area contributed by atoms with Crippen LogP contribution in [0.1, 0.15) is 39.0 Å². The van der Waals surface area contributed by atoms with Crippen LogP contribution in [-0.2, 0) is 0 Å². The molecule has 1 unspecified atom stereocenters. The van der Waals surface area contributed by atoms with Gasteiger partial charge in [0.1, 0.15) is 0 Å². The summed E-state index contributed by atoms with van der Waals surface area (Å²) in [5, 5.41) is 3.39. The molecule has 2 rings (SSSR count). The average Bonchev–Trinajstić information content (AvgIpc) is 2.42. The topological polar surface area (TPSA) is 47.0 Å². The number of methoxy groups -OCH3 is 1. The average molecular weight is 314 g/mol. The number of hydrogen-bond acceptors (Lipinski definition) is 4. The zero-order valence-electron chi connectivity index (χ0n) is 10.9. The third-order valence-corrected chi connectivity index (χ3v) is 4.16. The van der Waals surface area contributed by atoms with E-state index in [9.17, 15) is 0 Å². The lowest BCUT2D eigenvalue weighted by molar-refractivity contribution is 0.327. The monoisotopic (exact) mass is 313 g/mol. The number of rotatable bonds is 4. The molecule has 1 aliphatic carbocycles. The molecule has 0 spiro atoms. The van der Waals surface area contributed by atoms with Crippen molar-refractivity contribution in [3.8, 4) is 5.88 Å². The van der Waals surface area contributed by atoms with E-state index in [1.807, 2.05) is 0 Å². The Balaban J connectivity index is 1.99. The number of nitrogens with one attached hydrogen (secondary N) is 1. The molecule has 0 aromatic carbocycles. The van der Waals surface area contributed by atoms with E-state index in [4.69, 9.17) is 4.74 Å². The summed E-state index contributed by atoms with van der Waals surface area (Å²) < 4.78 is 5.95. The number of hydrogen-bond donors (Lipinski definition) is 1. The first-order valence-electron chi connectivity index (χ1n) is 6.53. The molecule has 5 heteroatoms. The Hall–Kier alpha value is -0.840. The van der Waals surface area contributed by atoms with Crippen LogP contribution in [0.3, 0.4) is 0 Å². The van der Waals surface area contributed by atoms with Gasteiger partial charge in [-0.1, -0.05) is 19.3 Å². The summed E-state index contributed by atoms with van der Waals surface area (Å²) in [4.78, 5) is 8.61.